The van der Waals surface area contributed by atoms with Gasteiger partial charge in [0.2, 0.25) is 0 Å². The Hall–Kier alpha value is -3.48. The number of nitro benzene ring substituents is 1. The summed E-state index contributed by atoms with van der Waals surface area (Å²) in [5.74, 6) is -0.640. The predicted molar refractivity (Wildman–Crippen MR) is 89.6 cm³/mol. The number of ether oxygens (including phenoxy) is 2. The van der Waals surface area contributed by atoms with Crippen LogP contribution in [0.15, 0.2) is 60.4 Å². The Balaban J connectivity index is 2.14. The highest BCUT2D eigenvalue weighted by molar-refractivity contribution is 6.07. The van der Waals surface area contributed by atoms with Gasteiger partial charge in [-0.2, -0.15) is 0 Å². The van der Waals surface area contributed by atoms with Crippen LogP contribution in [-0.2, 0) is 4.74 Å². The molecule has 0 fully saturated rings. The van der Waals surface area contributed by atoms with Crippen LogP contribution in [0.5, 0.6) is 5.75 Å². The van der Waals surface area contributed by atoms with Crippen LogP contribution < -0.4 is 4.74 Å². The summed E-state index contributed by atoms with van der Waals surface area (Å²) in [6.07, 6.45) is 1.05. The van der Waals surface area contributed by atoms with Gasteiger partial charge in [-0.25, -0.2) is 4.79 Å². The minimum atomic E-state index is -0.647. The zero-order valence-electron chi connectivity index (χ0n) is 13.6. The molecule has 0 atom stereocenters. The van der Waals surface area contributed by atoms with Gasteiger partial charge < -0.3 is 9.47 Å². The lowest BCUT2D eigenvalue weighted by atomic mass is 10.1. The first kappa shape index (κ1) is 17.9. The van der Waals surface area contributed by atoms with Gasteiger partial charge in [0, 0.05) is 12.1 Å². The molecule has 2 aromatic carbocycles. The molecule has 25 heavy (non-hydrogen) atoms. The lowest BCUT2D eigenvalue weighted by Crippen LogP contribution is -2.06. The molecule has 0 unspecified atom stereocenters. The highest BCUT2D eigenvalue weighted by atomic mass is 16.6. The van der Waals surface area contributed by atoms with Crippen molar-refractivity contribution < 1.29 is 24.0 Å². The Labute approximate surface area is 143 Å². The lowest BCUT2D eigenvalue weighted by molar-refractivity contribution is -0.385. The maximum atomic E-state index is 12.2. The second-order valence-corrected chi connectivity index (χ2v) is 5.01. The first-order valence-electron chi connectivity index (χ1n) is 7.24. The smallest absolute Gasteiger partial charge is 0.343 e. The molecular formula is C18H15NO6. The van der Waals surface area contributed by atoms with Crippen molar-refractivity contribution in [2.75, 3.05) is 7.11 Å². The van der Waals surface area contributed by atoms with Crippen molar-refractivity contribution in [3.63, 3.8) is 0 Å². The van der Waals surface area contributed by atoms with Crippen LogP contribution in [0.25, 0.3) is 0 Å². The van der Waals surface area contributed by atoms with Gasteiger partial charge in [-0.05, 0) is 37.3 Å². The van der Waals surface area contributed by atoms with Gasteiger partial charge in [-0.3, -0.25) is 14.9 Å². The van der Waals surface area contributed by atoms with E-state index < -0.39 is 16.7 Å². The summed E-state index contributed by atoms with van der Waals surface area (Å²) in [5, 5.41) is 11.0. The Bertz CT molecular complexity index is 839. The molecule has 2 rings (SSSR count). The van der Waals surface area contributed by atoms with Gasteiger partial charge in [0.25, 0.3) is 5.69 Å². The van der Waals surface area contributed by atoms with Crippen LogP contribution in [0.1, 0.15) is 27.6 Å². The van der Waals surface area contributed by atoms with E-state index in [-0.39, 0.29) is 22.6 Å². The van der Waals surface area contributed by atoms with Crippen molar-refractivity contribution in [1.29, 1.82) is 0 Å². The fourth-order valence-corrected chi connectivity index (χ4v) is 2.07. The standard InChI is InChI=1S/C18H15NO6/c1-12(25-18(21)13-7-9-14(24-2)10-8-13)11-17(20)15-5-3-4-6-16(15)19(22)23/h3-11H,1-2H3/b12-11+. The van der Waals surface area contributed by atoms with Crippen molar-refractivity contribution in [3.05, 3.63) is 81.6 Å². The molecule has 0 aliphatic rings. The molecule has 2 aromatic rings. The molecule has 0 aromatic heterocycles. The van der Waals surface area contributed by atoms with E-state index >= 15 is 0 Å². The molecule has 0 heterocycles. The van der Waals surface area contributed by atoms with E-state index in [1.807, 2.05) is 0 Å². The molecule has 0 N–H and O–H groups in total. The van der Waals surface area contributed by atoms with Crippen LogP contribution in [0.4, 0.5) is 5.69 Å². The van der Waals surface area contributed by atoms with Crippen LogP contribution in [0.2, 0.25) is 0 Å². The van der Waals surface area contributed by atoms with Gasteiger partial charge >= 0.3 is 5.97 Å². The van der Waals surface area contributed by atoms with Gasteiger partial charge in [-0.15, -0.1) is 0 Å². The molecule has 128 valence electrons. The second kappa shape index (κ2) is 7.87. The van der Waals surface area contributed by atoms with E-state index in [1.54, 1.807) is 12.1 Å². The number of nitrogens with zero attached hydrogens (tertiary/aromatic N) is 1. The number of ketones is 1. The number of nitro groups is 1. The summed E-state index contributed by atoms with van der Waals surface area (Å²) < 4.78 is 10.1. The van der Waals surface area contributed by atoms with E-state index in [9.17, 15) is 19.7 Å². The minimum Gasteiger partial charge on any atom is -0.497 e. The number of hydrogen-bond acceptors (Lipinski definition) is 6. The van der Waals surface area contributed by atoms with Gasteiger partial charge in [0.15, 0.2) is 5.78 Å². The van der Waals surface area contributed by atoms with Gasteiger partial charge in [0.1, 0.15) is 11.5 Å². The van der Waals surface area contributed by atoms with Crippen LogP contribution in [-0.4, -0.2) is 23.8 Å². The second-order valence-electron chi connectivity index (χ2n) is 5.01. The molecule has 0 aliphatic heterocycles. The van der Waals surface area contributed by atoms with Crippen molar-refractivity contribution in [1.82, 2.24) is 0 Å². The number of benzene rings is 2. The summed E-state index contributed by atoms with van der Waals surface area (Å²) in [7, 11) is 1.51. The monoisotopic (exact) mass is 341 g/mol. The molecule has 0 saturated carbocycles. The highest BCUT2D eigenvalue weighted by Crippen LogP contribution is 2.19. The van der Waals surface area contributed by atoms with Crippen LogP contribution >= 0.6 is 0 Å². The van der Waals surface area contributed by atoms with Crippen molar-refractivity contribution in [2.24, 2.45) is 0 Å². The van der Waals surface area contributed by atoms with Crippen LogP contribution in [0.3, 0.4) is 0 Å². The zero-order valence-corrected chi connectivity index (χ0v) is 13.6. The Morgan fingerprint density at radius 1 is 1.08 bits per heavy atom. The summed E-state index contributed by atoms with van der Waals surface area (Å²) in [6, 6.07) is 11.8. The SMILES string of the molecule is COc1ccc(C(=O)O/C(C)=C/C(=O)c2ccccc2[N+](=O)[O-])cc1. The highest BCUT2D eigenvalue weighted by Gasteiger charge is 2.18. The third-order valence-electron chi connectivity index (χ3n) is 3.28. The first-order chi connectivity index (χ1) is 11.9. The average molecular weight is 341 g/mol. The largest absolute Gasteiger partial charge is 0.497 e. The number of allylic oxidation sites excluding steroid dienone is 2. The van der Waals surface area contributed by atoms with E-state index in [0.717, 1.165) is 6.08 Å². The van der Waals surface area contributed by atoms with E-state index in [0.29, 0.717) is 5.75 Å². The minimum absolute atomic E-state index is 0.0315. The average Bonchev–Trinajstić information content (AvgIpc) is 2.61. The zero-order chi connectivity index (χ0) is 18.4. The predicted octanol–water partition coefficient (Wildman–Crippen LogP) is 3.55. The molecule has 0 spiro atoms. The normalized spacial score (nSPS) is 10.9. The fraction of sp³-hybridized carbons (Fsp3) is 0.111. The van der Waals surface area contributed by atoms with E-state index in [1.165, 1.54) is 50.4 Å². The molecule has 0 bridgehead atoms. The van der Waals surface area contributed by atoms with Crippen molar-refractivity contribution in [2.45, 2.75) is 6.92 Å². The molecular weight excluding hydrogens is 326 g/mol. The van der Waals surface area contributed by atoms with E-state index in [2.05, 4.69) is 0 Å². The molecule has 0 saturated heterocycles. The number of rotatable bonds is 6. The number of esters is 1. The van der Waals surface area contributed by atoms with E-state index in [4.69, 9.17) is 9.47 Å². The summed E-state index contributed by atoms with van der Waals surface area (Å²) in [5.41, 5.74) is -0.0999. The Morgan fingerprint density at radius 2 is 1.72 bits per heavy atom. The van der Waals surface area contributed by atoms with Crippen molar-refractivity contribution in [3.8, 4) is 5.75 Å². The maximum absolute atomic E-state index is 12.2. The summed E-state index contributed by atoms with van der Waals surface area (Å²) >= 11 is 0. The summed E-state index contributed by atoms with van der Waals surface area (Å²) in [4.78, 5) is 34.5. The quantitative estimate of drug-likeness (QED) is 0.199. The Kier molecular flexibility index (Phi) is 5.62. The van der Waals surface area contributed by atoms with Crippen LogP contribution in [0, 0.1) is 10.1 Å². The number of methoxy groups -OCH3 is 1. The number of para-hydroxylation sites is 1. The van der Waals surface area contributed by atoms with Crippen molar-refractivity contribution >= 4 is 17.4 Å². The molecule has 0 amide bonds. The number of carbonyl (C=O) groups excluding carboxylic acids is 2. The molecule has 0 radical (unpaired) electrons. The number of hydrogen-bond donors (Lipinski definition) is 0. The maximum Gasteiger partial charge on any atom is 0.343 e. The van der Waals surface area contributed by atoms with Gasteiger partial charge in [0.05, 0.1) is 23.2 Å². The third kappa shape index (κ3) is 4.51. The topological polar surface area (TPSA) is 95.7 Å². The fourth-order valence-electron chi connectivity index (χ4n) is 2.07. The third-order valence-corrected chi connectivity index (χ3v) is 3.28. The first-order valence-corrected chi connectivity index (χ1v) is 7.24. The Morgan fingerprint density at radius 3 is 2.32 bits per heavy atom. The number of carbonyl (C=O) groups is 2. The molecule has 7 nitrogen and oxygen atoms in total. The van der Waals surface area contributed by atoms with Gasteiger partial charge in [-0.1, -0.05) is 12.1 Å². The summed E-state index contributed by atoms with van der Waals surface area (Å²) in [6.45, 7) is 1.42. The molecule has 7 heteroatoms. The molecule has 0 aliphatic carbocycles. The lowest BCUT2D eigenvalue weighted by Gasteiger charge is -2.05.